The zero-order valence-electron chi connectivity index (χ0n) is 9.79. The SMILES string of the molecule is O=C(NCc1cccc(F)c1)c1ccc(I)c(Cl)c1. The molecule has 0 atom stereocenters. The van der Waals surface area contributed by atoms with Crippen molar-refractivity contribution in [1.29, 1.82) is 0 Å². The number of carbonyl (C=O) groups excluding carboxylic acids is 1. The maximum absolute atomic E-state index is 13.0. The van der Waals surface area contributed by atoms with E-state index < -0.39 is 0 Å². The molecule has 2 nitrogen and oxygen atoms in total. The number of halogens is 3. The summed E-state index contributed by atoms with van der Waals surface area (Å²) in [7, 11) is 0. The first kappa shape index (κ1) is 14.3. The molecule has 2 aromatic rings. The molecule has 0 saturated heterocycles. The van der Waals surface area contributed by atoms with E-state index in [1.54, 1.807) is 30.3 Å². The second kappa shape index (κ2) is 6.34. The van der Waals surface area contributed by atoms with Crippen LogP contribution in [0.5, 0.6) is 0 Å². The van der Waals surface area contributed by atoms with Crippen LogP contribution in [-0.2, 0) is 6.54 Å². The Morgan fingerprint density at radius 1 is 1.26 bits per heavy atom. The van der Waals surface area contributed by atoms with Gasteiger partial charge in [0.2, 0.25) is 0 Å². The highest BCUT2D eigenvalue weighted by molar-refractivity contribution is 14.1. The van der Waals surface area contributed by atoms with Gasteiger partial charge in [0.25, 0.3) is 5.91 Å². The minimum absolute atomic E-state index is 0.234. The lowest BCUT2D eigenvalue weighted by atomic mass is 10.2. The Labute approximate surface area is 129 Å². The van der Waals surface area contributed by atoms with Gasteiger partial charge in [-0.1, -0.05) is 23.7 Å². The Morgan fingerprint density at radius 2 is 2.05 bits per heavy atom. The molecule has 98 valence electrons. The molecule has 5 heteroatoms. The number of hydrogen-bond donors (Lipinski definition) is 1. The summed E-state index contributed by atoms with van der Waals surface area (Å²) < 4.78 is 13.9. The van der Waals surface area contributed by atoms with Crippen LogP contribution in [0.25, 0.3) is 0 Å². The molecule has 0 radical (unpaired) electrons. The van der Waals surface area contributed by atoms with Gasteiger partial charge in [0.15, 0.2) is 0 Å². The van der Waals surface area contributed by atoms with Crippen LogP contribution in [0.4, 0.5) is 4.39 Å². The lowest BCUT2D eigenvalue weighted by Crippen LogP contribution is -2.22. The third-order valence-corrected chi connectivity index (χ3v) is 4.10. The highest BCUT2D eigenvalue weighted by Crippen LogP contribution is 2.19. The Balaban J connectivity index is 2.03. The summed E-state index contributed by atoms with van der Waals surface area (Å²) in [4.78, 5) is 11.9. The smallest absolute Gasteiger partial charge is 0.251 e. The van der Waals surface area contributed by atoms with E-state index in [0.29, 0.717) is 16.1 Å². The van der Waals surface area contributed by atoms with E-state index in [9.17, 15) is 9.18 Å². The van der Waals surface area contributed by atoms with Gasteiger partial charge in [-0.3, -0.25) is 4.79 Å². The van der Waals surface area contributed by atoms with Crippen LogP contribution in [0.3, 0.4) is 0 Å². The maximum atomic E-state index is 13.0. The van der Waals surface area contributed by atoms with Gasteiger partial charge in [-0.05, 0) is 58.5 Å². The lowest BCUT2D eigenvalue weighted by Gasteiger charge is -2.06. The highest BCUT2D eigenvalue weighted by atomic mass is 127. The summed E-state index contributed by atoms with van der Waals surface area (Å²) in [6, 6.07) is 11.2. The largest absolute Gasteiger partial charge is 0.348 e. The fraction of sp³-hybridized carbons (Fsp3) is 0.0714. The predicted molar refractivity (Wildman–Crippen MR) is 81.7 cm³/mol. The summed E-state index contributed by atoms with van der Waals surface area (Å²) in [5.74, 6) is -0.549. The third-order valence-electron chi connectivity index (χ3n) is 2.52. The second-order valence-electron chi connectivity index (χ2n) is 3.94. The van der Waals surface area contributed by atoms with E-state index in [0.717, 1.165) is 3.57 Å². The first-order chi connectivity index (χ1) is 9.06. The van der Waals surface area contributed by atoms with E-state index in [4.69, 9.17) is 11.6 Å². The van der Waals surface area contributed by atoms with E-state index in [2.05, 4.69) is 27.9 Å². The zero-order valence-corrected chi connectivity index (χ0v) is 12.7. The van der Waals surface area contributed by atoms with Crippen molar-refractivity contribution >= 4 is 40.1 Å². The number of benzene rings is 2. The first-order valence-electron chi connectivity index (χ1n) is 5.54. The van der Waals surface area contributed by atoms with E-state index in [-0.39, 0.29) is 18.3 Å². The lowest BCUT2D eigenvalue weighted by molar-refractivity contribution is 0.0951. The average molecular weight is 390 g/mol. The molecule has 2 rings (SSSR count). The van der Waals surface area contributed by atoms with Crippen molar-refractivity contribution in [2.24, 2.45) is 0 Å². The van der Waals surface area contributed by atoms with Crippen molar-refractivity contribution in [2.45, 2.75) is 6.54 Å². The van der Waals surface area contributed by atoms with Crippen LogP contribution < -0.4 is 5.32 Å². The van der Waals surface area contributed by atoms with E-state index in [1.807, 2.05) is 0 Å². The van der Waals surface area contributed by atoms with Crippen LogP contribution in [0, 0.1) is 9.39 Å². The molecule has 0 aliphatic heterocycles. The summed E-state index contributed by atoms with van der Waals surface area (Å²) in [6.45, 7) is 0.278. The van der Waals surface area contributed by atoms with Crippen molar-refractivity contribution in [3.63, 3.8) is 0 Å². The number of carbonyl (C=O) groups is 1. The number of hydrogen-bond acceptors (Lipinski definition) is 1. The summed E-state index contributed by atoms with van der Waals surface area (Å²) in [5.41, 5.74) is 1.20. The average Bonchev–Trinajstić information content (AvgIpc) is 2.39. The molecule has 0 bridgehead atoms. The molecule has 0 aliphatic carbocycles. The third kappa shape index (κ3) is 3.91. The normalized spacial score (nSPS) is 10.3. The molecule has 0 fully saturated rings. The van der Waals surface area contributed by atoms with Crippen molar-refractivity contribution in [1.82, 2.24) is 5.32 Å². The predicted octanol–water partition coefficient (Wildman–Crippen LogP) is 4.01. The summed E-state index contributed by atoms with van der Waals surface area (Å²) >= 11 is 8.05. The van der Waals surface area contributed by atoms with Crippen LogP contribution in [-0.4, -0.2) is 5.91 Å². The van der Waals surface area contributed by atoms with Gasteiger partial charge >= 0.3 is 0 Å². The van der Waals surface area contributed by atoms with Gasteiger partial charge in [-0.2, -0.15) is 0 Å². The standard InChI is InChI=1S/C14H10ClFINO/c15-12-7-10(4-5-13(12)17)14(19)18-8-9-2-1-3-11(16)6-9/h1-7H,8H2,(H,18,19). The molecule has 0 spiro atoms. The Hall–Kier alpha value is -1.14. The molecular formula is C14H10ClFINO. The van der Waals surface area contributed by atoms with Crippen LogP contribution in [0.15, 0.2) is 42.5 Å². The van der Waals surface area contributed by atoms with Gasteiger partial charge in [0.05, 0.1) is 5.02 Å². The molecule has 1 amide bonds. The second-order valence-corrected chi connectivity index (χ2v) is 5.51. The van der Waals surface area contributed by atoms with E-state index in [1.165, 1.54) is 12.1 Å². The van der Waals surface area contributed by atoms with Crippen LogP contribution in [0.2, 0.25) is 5.02 Å². The van der Waals surface area contributed by atoms with Gasteiger partial charge < -0.3 is 5.32 Å². The van der Waals surface area contributed by atoms with Gasteiger partial charge in [-0.15, -0.1) is 0 Å². The molecule has 0 unspecified atom stereocenters. The van der Waals surface area contributed by atoms with Gasteiger partial charge in [0.1, 0.15) is 5.82 Å². The molecule has 2 aromatic carbocycles. The summed E-state index contributed by atoms with van der Waals surface area (Å²) in [6.07, 6.45) is 0. The molecule has 0 heterocycles. The molecule has 0 saturated carbocycles. The molecule has 1 N–H and O–H groups in total. The molecule has 19 heavy (non-hydrogen) atoms. The van der Waals surface area contributed by atoms with Crippen LogP contribution >= 0.6 is 34.2 Å². The van der Waals surface area contributed by atoms with Crippen molar-refractivity contribution in [2.75, 3.05) is 0 Å². The minimum atomic E-state index is -0.316. The summed E-state index contributed by atoms with van der Waals surface area (Å²) in [5, 5.41) is 3.26. The molecule has 0 aromatic heterocycles. The topological polar surface area (TPSA) is 29.1 Å². The van der Waals surface area contributed by atoms with Crippen molar-refractivity contribution in [3.05, 3.63) is 68.0 Å². The van der Waals surface area contributed by atoms with E-state index >= 15 is 0 Å². The number of amides is 1. The zero-order chi connectivity index (χ0) is 13.8. The fourth-order valence-electron chi connectivity index (χ4n) is 1.57. The van der Waals surface area contributed by atoms with Gasteiger partial charge in [0, 0.05) is 15.7 Å². The molecule has 0 aliphatic rings. The van der Waals surface area contributed by atoms with Crippen molar-refractivity contribution < 1.29 is 9.18 Å². The number of nitrogens with one attached hydrogen (secondary N) is 1. The molecular weight excluding hydrogens is 380 g/mol. The van der Waals surface area contributed by atoms with Gasteiger partial charge in [-0.25, -0.2) is 4.39 Å². The Bertz CT molecular complexity index is 618. The fourth-order valence-corrected chi connectivity index (χ4v) is 2.08. The van der Waals surface area contributed by atoms with Crippen LogP contribution in [0.1, 0.15) is 15.9 Å². The highest BCUT2D eigenvalue weighted by Gasteiger charge is 2.07. The number of rotatable bonds is 3. The first-order valence-corrected chi connectivity index (χ1v) is 6.99. The van der Waals surface area contributed by atoms with Crippen molar-refractivity contribution in [3.8, 4) is 0 Å². The maximum Gasteiger partial charge on any atom is 0.251 e. The Morgan fingerprint density at radius 3 is 2.74 bits per heavy atom. The quantitative estimate of drug-likeness (QED) is 0.790. The monoisotopic (exact) mass is 389 g/mol. The Kier molecular flexibility index (Phi) is 4.76. The minimum Gasteiger partial charge on any atom is -0.348 e.